The van der Waals surface area contributed by atoms with Gasteiger partial charge in [0.05, 0.1) is 35.4 Å². The SMILES string of the molecule is COc1cc(-c2ccc(N=NC(N=Nc3ccc([N+](=O)[O-])cc3)c3ccccc3)c(OC)c2)ccc1N=NC(N=Nc1ccc([N+](=O)[O-])cc1)c1ccccc1. The largest absolute Gasteiger partial charge is 0.494 e. The molecular weight excluding hydrogens is 717 g/mol. The average molecular weight is 749 g/mol. The van der Waals surface area contributed by atoms with E-state index in [1.54, 1.807) is 12.1 Å². The number of rotatable bonds is 15. The summed E-state index contributed by atoms with van der Waals surface area (Å²) in [6.07, 6.45) is -1.60. The van der Waals surface area contributed by atoms with Crippen LogP contribution in [0.5, 0.6) is 11.5 Å². The van der Waals surface area contributed by atoms with Gasteiger partial charge in [0.1, 0.15) is 22.9 Å². The van der Waals surface area contributed by atoms with Gasteiger partial charge in [-0.15, -0.1) is 10.2 Å². The normalized spacial score (nSPS) is 12.7. The summed E-state index contributed by atoms with van der Waals surface area (Å²) in [4.78, 5) is 21.1. The van der Waals surface area contributed by atoms with E-state index in [2.05, 4.69) is 40.9 Å². The Kier molecular flexibility index (Phi) is 12.3. The number of hydrogen-bond donors (Lipinski definition) is 0. The minimum atomic E-state index is -0.799. The highest BCUT2D eigenvalue weighted by Crippen LogP contribution is 2.38. The highest BCUT2D eigenvalue weighted by molar-refractivity contribution is 5.73. The Bertz CT molecular complexity index is 2240. The summed E-state index contributed by atoms with van der Waals surface area (Å²) in [5.74, 6) is 0.911. The molecule has 0 aliphatic rings. The lowest BCUT2D eigenvalue weighted by Crippen LogP contribution is -1.91. The van der Waals surface area contributed by atoms with Crippen LogP contribution in [0.4, 0.5) is 34.1 Å². The van der Waals surface area contributed by atoms with Gasteiger partial charge in [-0.2, -0.15) is 30.7 Å². The number of nitrogens with zero attached hydrogens (tertiary/aromatic N) is 10. The maximum Gasteiger partial charge on any atom is 0.269 e. The molecule has 0 saturated heterocycles. The van der Waals surface area contributed by atoms with Gasteiger partial charge >= 0.3 is 0 Å². The number of nitro benzene ring substituents is 2. The molecule has 0 N–H and O–H groups in total. The van der Waals surface area contributed by atoms with Crippen LogP contribution < -0.4 is 9.47 Å². The van der Waals surface area contributed by atoms with Crippen molar-refractivity contribution in [3.8, 4) is 22.6 Å². The molecule has 0 aromatic heterocycles. The van der Waals surface area contributed by atoms with E-state index in [9.17, 15) is 20.2 Å². The zero-order valence-electron chi connectivity index (χ0n) is 29.9. The number of nitro groups is 2. The van der Waals surface area contributed by atoms with E-state index < -0.39 is 22.2 Å². The first-order valence-corrected chi connectivity index (χ1v) is 16.9. The molecule has 0 fully saturated rings. The fourth-order valence-electron chi connectivity index (χ4n) is 5.20. The van der Waals surface area contributed by atoms with Crippen molar-refractivity contribution >= 4 is 34.1 Å². The van der Waals surface area contributed by atoms with Gasteiger partial charge in [0, 0.05) is 35.4 Å². The monoisotopic (exact) mass is 748 g/mol. The molecule has 0 aliphatic carbocycles. The van der Waals surface area contributed by atoms with Crippen LogP contribution >= 0.6 is 0 Å². The van der Waals surface area contributed by atoms with Crippen molar-refractivity contribution in [3.63, 3.8) is 0 Å². The lowest BCUT2D eigenvalue weighted by molar-refractivity contribution is -0.385. The minimum absolute atomic E-state index is 0.0471. The highest BCUT2D eigenvalue weighted by Gasteiger charge is 2.14. The Labute approximate surface area is 319 Å². The van der Waals surface area contributed by atoms with Crippen molar-refractivity contribution in [3.05, 3.63) is 177 Å². The second-order valence-corrected chi connectivity index (χ2v) is 11.8. The van der Waals surface area contributed by atoms with E-state index in [4.69, 9.17) is 9.47 Å². The van der Waals surface area contributed by atoms with Gasteiger partial charge in [0.25, 0.3) is 11.4 Å². The Morgan fingerprint density at radius 1 is 0.464 bits per heavy atom. The molecule has 2 atom stereocenters. The topological polar surface area (TPSA) is 204 Å². The van der Waals surface area contributed by atoms with Crippen molar-refractivity contribution in [2.75, 3.05) is 14.2 Å². The first kappa shape index (κ1) is 37.9. The Hall–Kier alpha value is -7.88. The second-order valence-electron chi connectivity index (χ2n) is 11.8. The molecule has 0 aliphatic heterocycles. The zero-order valence-corrected chi connectivity index (χ0v) is 29.9. The predicted molar refractivity (Wildman–Crippen MR) is 208 cm³/mol. The molecule has 278 valence electrons. The number of azo groups is 4. The Morgan fingerprint density at radius 2 is 0.821 bits per heavy atom. The summed E-state index contributed by atoms with van der Waals surface area (Å²) >= 11 is 0. The molecule has 0 radical (unpaired) electrons. The number of non-ortho nitro benzene ring substituents is 2. The predicted octanol–water partition coefficient (Wildman–Crippen LogP) is 12.3. The van der Waals surface area contributed by atoms with E-state index in [0.717, 1.165) is 22.3 Å². The van der Waals surface area contributed by atoms with Crippen LogP contribution in [0.3, 0.4) is 0 Å². The summed E-state index contributed by atoms with van der Waals surface area (Å²) in [5, 5.41) is 57.1. The van der Waals surface area contributed by atoms with Gasteiger partial charge in [0.2, 0.25) is 12.3 Å². The van der Waals surface area contributed by atoms with E-state index >= 15 is 0 Å². The molecule has 16 heteroatoms. The third-order valence-corrected chi connectivity index (χ3v) is 8.12. The lowest BCUT2D eigenvalue weighted by atomic mass is 10.0. The van der Waals surface area contributed by atoms with E-state index in [1.165, 1.54) is 62.8 Å². The quantitative estimate of drug-likeness (QED) is 0.0567. The van der Waals surface area contributed by atoms with Crippen LogP contribution in [0, 0.1) is 20.2 Å². The van der Waals surface area contributed by atoms with Crippen LogP contribution in [0.15, 0.2) is 187 Å². The van der Waals surface area contributed by atoms with Gasteiger partial charge in [-0.05, 0) is 59.7 Å². The summed E-state index contributed by atoms with van der Waals surface area (Å²) in [7, 11) is 3.07. The number of methoxy groups -OCH3 is 2. The first-order chi connectivity index (χ1) is 27.3. The van der Waals surface area contributed by atoms with Crippen molar-refractivity contribution in [1.82, 2.24) is 0 Å². The first-order valence-electron chi connectivity index (χ1n) is 16.9. The molecule has 56 heavy (non-hydrogen) atoms. The molecular formula is C40H32N10O6. The van der Waals surface area contributed by atoms with Crippen LogP contribution in [0.2, 0.25) is 0 Å². The molecule has 6 aromatic carbocycles. The van der Waals surface area contributed by atoms with Crippen molar-refractivity contribution < 1.29 is 19.3 Å². The molecule has 0 heterocycles. The maximum absolute atomic E-state index is 11.0. The van der Waals surface area contributed by atoms with Gasteiger partial charge in [-0.25, -0.2) is 0 Å². The number of ether oxygens (including phenoxy) is 2. The van der Waals surface area contributed by atoms with E-state index in [-0.39, 0.29) is 11.4 Å². The zero-order chi connectivity index (χ0) is 39.3. The number of benzene rings is 6. The second kappa shape index (κ2) is 18.2. The third-order valence-electron chi connectivity index (χ3n) is 8.12. The molecule has 6 rings (SSSR count). The lowest BCUT2D eigenvalue weighted by Gasteiger charge is -2.11. The van der Waals surface area contributed by atoms with Crippen molar-refractivity contribution in [1.29, 1.82) is 0 Å². The summed E-state index contributed by atoms with van der Waals surface area (Å²) in [5.41, 5.74) is 4.76. The van der Waals surface area contributed by atoms with Gasteiger partial charge in [0.15, 0.2) is 0 Å². The Morgan fingerprint density at radius 3 is 1.16 bits per heavy atom. The minimum Gasteiger partial charge on any atom is -0.494 e. The molecule has 0 saturated carbocycles. The maximum atomic E-state index is 11.0. The standard InChI is InChI=1S/C40H32N10O6/c1-55-37-25-29(13-23-35(37)43-47-39(27-9-5-3-6-10-27)45-41-31-15-19-33(20-16-31)49(51)52)30-14-24-36(38(26-30)56-2)44-48-40(28-11-7-4-8-12-28)46-42-32-17-21-34(22-18-32)50(53)54/h3-26,39-40H,1-2H3. The fourth-order valence-corrected chi connectivity index (χ4v) is 5.20. The third kappa shape index (κ3) is 9.75. The van der Waals surface area contributed by atoms with Crippen LogP contribution in [-0.4, -0.2) is 24.1 Å². The number of hydrogen-bond acceptors (Lipinski definition) is 14. The fraction of sp³-hybridized carbons (Fsp3) is 0.100. The molecule has 0 spiro atoms. The summed E-state index contributed by atoms with van der Waals surface area (Å²) in [6, 6.07) is 40.9. The Balaban J connectivity index is 1.22. The van der Waals surface area contributed by atoms with Crippen LogP contribution in [0.25, 0.3) is 11.1 Å². The van der Waals surface area contributed by atoms with Crippen LogP contribution in [0.1, 0.15) is 23.5 Å². The van der Waals surface area contributed by atoms with Crippen LogP contribution in [-0.2, 0) is 0 Å². The van der Waals surface area contributed by atoms with Crippen molar-refractivity contribution in [2.45, 2.75) is 12.3 Å². The van der Waals surface area contributed by atoms with Crippen molar-refractivity contribution in [2.24, 2.45) is 40.9 Å². The van der Waals surface area contributed by atoms with E-state index in [0.29, 0.717) is 34.2 Å². The summed E-state index contributed by atoms with van der Waals surface area (Å²) < 4.78 is 11.4. The molecule has 6 aromatic rings. The molecule has 16 nitrogen and oxygen atoms in total. The van der Waals surface area contributed by atoms with Gasteiger partial charge < -0.3 is 9.47 Å². The van der Waals surface area contributed by atoms with Gasteiger partial charge in [-0.1, -0.05) is 72.8 Å². The molecule has 0 bridgehead atoms. The highest BCUT2D eigenvalue weighted by atomic mass is 16.6. The summed E-state index contributed by atoms with van der Waals surface area (Å²) in [6.45, 7) is 0. The molecule has 2 unspecified atom stereocenters. The average Bonchev–Trinajstić information content (AvgIpc) is 3.24. The van der Waals surface area contributed by atoms with E-state index in [1.807, 2.05) is 84.9 Å². The van der Waals surface area contributed by atoms with Gasteiger partial charge in [-0.3, -0.25) is 20.2 Å². The smallest absolute Gasteiger partial charge is 0.269 e. The molecule has 0 amide bonds.